The first kappa shape index (κ1) is 32.7. The second kappa shape index (κ2) is 16.0. The van der Waals surface area contributed by atoms with Crippen molar-refractivity contribution in [3.8, 4) is 5.75 Å². The Morgan fingerprint density at radius 1 is 1.12 bits per heavy atom. The number of carbonyl (C=O) groups excluding carboxylic acids is 2. The Balaban J connectivity index is 1.79. The number of ether oxygens (including phenoxy) is 1. The second-order valence-electron chi connectivity index (χ2n) is 10.1. The predicted octanol–water partition coefficient (Wildman–Crippen LogP) is 4.21. The summed E-state index contributed by atoms with van der Waals surface area (Å²) < 4.78 is 59.3. The zero-order valence-electron chi connectivity index (χ0n) is 22.9. The third kappa shape index (κ3) is 11.2. The fourth-order valence-corrected chi connectivity index (χ4v) is 5.00. The lowest BCUT2D eigenvalue weighted by molar-refractivity contribution is -0.137. The van der Waals surface area contributed by atoms with Crippen LogP contribution in [0.3, 0.4) is 0 Å². The highest BCUT2D eigenvalue weighted by Gasteiger charge is 2.30. The summed E-state index contributed by atoms with van der Waals surface area (Å²) in [7, 11) is 0. The maximum atomic E-state index is 14.4. The van der Waals surface area contributed by atoms with Gasteiger partial charge in [-0.25, -0.2) is 4.39 Å². The van der Waals surface area contributed by atoms with Gasteiger partial charge in [0, 0.05) is 25.6 Å². The first-order valence-corrected chi connectivity index (χ1v) is 15.0. The molecule has 7 nitrogen and oxygen atoms in total. The van der Waals surface area contributed by atoms with Gasteiger partial charge in [-0.2, -0.15) is 24.9 Å². The van der Waals surface area contributed by atoms with Crippen LogP contribution in [0.1, 0.15) is 48.8 Å². The molecule has 2 bridgehead atoms. The fraction of sp³-hybridized carbons (Fsp3) is 0.517. The maximum absolute atomic E-state index is 14.4. The molecule has 226 valence electrons. The van der Waals surface area contributed by atoms with E-state index in [1.807, 2.05) is 6.26 Å². The summed E-state index contributed by atoms with van der Waals surface area (Å²) in [6, 6.07) is 7.36. The number of benzene rings is 2. The average Bonchev–Trinajstić information content (AvgIpc) is 2.91. The van der Waals surface area contributed by atoms with E-state index in [4.69, 9.17) is 4.74 Å². The van der Waals surface area contributed by atoms with Crippen molar-refractivity contribution in [2.45, 2.75) is 69.4 Å². The number of aliphatic hydroxyl groups excluding tert-OH is 1. The lowest BCUT2D eigenvalue weighted by Crippen LogP contribution is -2.55. The minimum Gasteiger partial charge on any atom is -0.493 e. The van der Waals surface area contributed by atoms with Gasteiger partial charge in [-0.05, 0) is 73.4 Å². The van der Waals surface area contributed by atoms with Crippen LogP contribution >= 0.6 is 11.8 Å². The van der Waals surface area contributed by atoms with Gasteiger partial charge in [-0.3, -0.25) is 9.59 Å². The summed E-state index contributed by atoms with van der Waals surface area (Å²) in [5.41, 5.74) is 0.0874. The van der Waals surface area contributed by atoms with E-state index in [2.05, 4.69) is 16.0 Å². The Morgan fingerprint density at radius 3 is 2.68 bits per heavy atom. The van der Waals surface area contributed by atoms with Crippen LogP contribution in [0.25, 0.3) is 0 Å². The normalized spacial score (nSPS) is 20.0. The van der Waals surface area contributed by atoms with Crippen molar-refractivity contribution in [1.29, 1.82) is 0 Å². The van der Waals surface area contributed by atoms with E-state index < -0.39 is 41.7 Å². The molecule has 0 aromatic heterocycles. The molecule has 4 N–H and O–H groups in total. The van der Waals surface area contributed by atoms with Crippen LogP contribution in [0, 0.1) is 5.82 Å². The number of hydrogen-bond acceptors (Lipinski definition) is 6. The van der Waals surface area contributed by atoms with Crippen LogP contribution in [0.15, 0.2) is 42.5 Å². The number of alkyl halides is 3. The molecular formula is C29H37F4N3O4S. The van der Waals surface area contributed by atoms with E-state index in [9.17, 15) is 32.3 Å². The molecule has 0 saturated heterocycles. The molecule has 12 heteroatoms. The molecule has 2 aromatic rings. The van der Waals surface area contributed by atoms with Crippen molar-refractivity contribution < 1.29 is 37.0 Å². The van der Waals surface area contributed by atoms with Gasteiger partial charge < -0.3 is 25.8 Å². The predicted molar refractivity (Wildman–Crippen MR) is 150 cm³/mol. The summed E-state index contributed by atoms with van der Waals surface area (Å²) in [5, 5.41) is 19.6. The number of aliphatic hydroxyl groups is 1. The van der Waals surface area contributed by atoms with E-state index in [0.29, 0.717) is 48.5 Å². The second-order valence-corrected chi connectivity index (χ2v) is 11.1. The molecule has 3 rings (SSSR count). The molecular weight excluding hydrogens is 562 g/mol. The van der Waals surface area contributed by atoms with Crippen LogP contribution in [0.2, 0.25) is 0 Å². The SMILES string of the molecule is CSCCC1NC(=O)CCCCCOc2cc(F)cc(c2)CC(C(O)CNCc2cccc(C(F)(F)F)c2)NC1=O. The summed E-state index contributed by atoms with van der Waals surface area (Å²) in [4.78, 5) is 25.9. The number of hydrogen-bond donors (Lipinski definition) is 4. The van der Waals surface area contributed by atoms with Crippen LogP contribution in [-0.2, 0) is 28.7 Å². The minimum absolute atomic E-state index is 0.0476. The highest BCUT2D eigenvalue weighted by Crippen LogP contribution is 2.29. The maximum Gasteiger partial charge on any atom is 0.416 e. The molecule has 0 saturated carbocycles. The van der Waals surface area contributed by atoms with E-state index in [1.54, 1.807) is 6.07 Å². The van der Waals surface area contributed by atoms with E-state index in [1.165, 1.54) is 36.0 Å². The number of nitrogens with one attached hydrogen (secondary N) is 3. The van der Waals surface area contributed by atoms with Gasteiger partial charge in [0.15, 0.2) is 0 Å². The van der Waals surface area contributed by atoms with Crippen LogP contribution < -0.4 is 20.7 Å². The molecule has 0 radical (unpaired) electrons. The molecule has 1 heterocycles. The van der Waals surface area contributed by atoms with Gasteiger partial charge >= 0.3 is 6.18 Å². The van der Waals surface area contributed by atoms with Crippen molar-refractivity contribution >= 4 is 23.6 Å². The number of rotatable bonds is 8. The molecule has 0 fully saturated rings. The lowest BCUT2D eigenvalue weighted by Gasteiger charge is -2.28. The zero-order valence-corrected chi connectivity index (χ0v) is 23.8. The number of carbonyl (C=O) groups is 2. The van der Waals surface area contributed by atoms with E-state index >= 15 is 0 Å². The molecule has 3 unspecified atom stereocenters. The lowest BCUT2D eigenvalue weighted by atomic mass is 9.99. The summed E-state index contributed by atoms with van der Waals surface area (Å²) in [5.74, 6) is -0.300. The topological polar surface area (TPSA) is 99.7 Å². The molecule has 3 atom stereocenters. The highest BCUT2D eigenvalue weighted by atomic mass is 32.2. The molecule has 0 spiro atoms. The highest BCUT2D eigenvalue weighted by molar-refractivity contribution is 7.98. The van der Waals surface area contributed by atoms with Gasteiger partial charge in [0.2, 0.25) is 11.8 Å². The largest absolute Gasteiger partial charge is 0.493 e. The summed E-state index contributed by atoms with van der Waals surface area (Å²) in [6.07, 6.45) is -1.07. The van der Waals surface area contributed by atoms with E-state index in [0.717, 1.165) is 18.6 Å². The van der Waals surface area contributed by atoms with Crippen molar-refractivity contribution in [3.63, 3.8) is 0 Å². The standard InChI is InChI=1S/C29H37F4N3O4S/c1-41-11-9-24-28(39)36-25(26(37)18-34-17-19-6-5-7-21(12-19)29(31,32)33)15-20-13-22(30)16-23(14-20)40-10-4-2-3-8-27(38)35-24/h5-7,12-14,16,24-26,34,37H,2-4,8-11,15,17-18H2,1H3,(H,35,38)(H,36,39). The van der Waals surface area contributed by atoms with Crippen LogP contribution in [-0.4, -0.2) is 60.3 Å². The Hall–Kier alpha value is -2.83. The molecule has 2 aromatic carbocycles. The van der Waals surface area contributed by atoms with Crippen molar-refractivity contribution in [3.05, 3.63) is 65.0 Å². The van der Waals surface area contributed by atoms with Gasteiger partial charge in [-0.1, -0.05) is 18.2 Å². The smallest absolute Gasteiger partial charge is 0.416 e. The minimum atomic E-state index is -4.47. The van der Waals surface area contributed by atoms with Crippen molar-refractivity contribution in [2.24, 2.45) is 0 Å². The Labute approximate surface area is 241 Å². The third-order valence-electron chi connectivity index (χ3n) is 6.69. The Kier molecular flexibility index (Phi) is 12.7. The van der Waals surface area contributed by atoms with Gasteiger partial charge in [0.05, 0.1) is 24.3 Å². The molecule has 0 aliphatic carbocycles. The van der Waals surface area contributed by atoms with Crippen LogP contribution in [0.4, 0.5) is 17.6 Å². The molecule has 2 amide bonds. The number of fused-ring (bicyclic) bond motifs is 2. The van der Waals surface area contributed by atoms with Crippen molar-refractivity contribution in [2.75, 3.05) is 25.2 Å². The summed E-state index contributed by atoms with van der Waals surface area (Å²) >= 11 is 1.53. The quantitative estimate of drug-likeness (QED) is 0.340. The van der Waals surface area contributed by atoms with Gasteiger partial charge in [-0.15, -0.1) is 0 Å². The molecule has 1 aliphatic heterocycles. The van der Waals surface area contributed by atoms with Crippen molar-refractivity contribution in [1.82, 2.24) is 16.0 Å². The zero-order chi connectivity index (χ0) is 29.8. The number of thioether (sulfide) groups is 1. The third-order valence-corrected chi connectivity index (χ3v) is 7.34. The first-order chi connectivity index (χ1) is 19.5. The van der Waals surface area contributed by atoms with Crippen LogP contribution in [0.5, 0.6) is 5.75 Å². The number of amides is 2. The molecule has 1 aliphatic rings. The Morgan fingerprint density at radius 2 is 1.93 bits per heavy atom. The summed E-state index contributed by atoms with van der Waals surface area (Å²) in [6.45, 7) is 0.330. The monoisotopic (exact) mass is 599 g/mol. The van der Waals surface area contributed by atoms with Gasteiger partial charge in [0.1, 0.15) is 17.6 Å². The Bertz CT molecular complexity index is 1150. The average molecular weight is 600 g/mol. The first-order valence-electron chi connectivity index (χ1n) is 13.6. The van der Waals surface area contributed by atoms with Gasteiger partial charge in [0.25, 0.3) is 0 Å². The number of halogens is 4. The molecule has 41 heavy (non-hydrogen) atoms. The van der Waals surface area contributed by atoms with E-state index in [-0.39, 0.29) is 31.8 Å². The fourth-order valence-electron chi connectivity index (χ4n) is 4.53.